The predicted octanol–water partition coefficient (Wildman–Crippen LogP) is 2.95. The average Bonchev–Trinajstić information content (AvgIpc) is 2.60. The second kappa shape index (κ2) is 10.9. The van der Waals surface area contributed by atoms with Crippen LogP contribution in [-0.2, 0) is 10.2 Å². The Labute approximate surface area is 146 Å². The Morgan fingerprint density at radius 3 is 2.42 bits per heavy atom. The van der Waals surface area contributed by atoms with Crippen LogP contribution >= 0.6 is 0 Å². The van der Waals surface area contributed by atoms with Crippen LogP contribution < -0.4 is 15.4 Å². The highest BCUT2D eigenvalue weighted by Crippen LogP contribution is 2.24. The molecule has 0 fully saturated rings. The van der Waals surface area contributed by atoms with Gasteiger partial charge in [0.1, 0.15) is 5.75 Å². The van der Waals surface area contributed by atoms with Crippen molar-refractivity contribution in [3.8, 4) is 5.75 Å². The fourth-order valence-electron chi connectivity index (χ4n) is 2.35. The van der Waals surface area contributed by atoms with Crippen LogP contribution in [0, 0.1) is 0 Å². The molecule has 136 valence electrons. The lowest BCUT2D eigenvalue weighted by Gasteiger charge is -2.27. The highest BCUT2D eigenvalue weighted by molar-refractivity contribution is 5.79. The van der Waals surface area contributed by atoms with Gasteiger partial charge in [0.05, 0.1) is 7.11 Å². The topological polar surface area (TPSA) is 54.9 Å². The first kappa shape index (κ1) is 20.3. The van der Waals surface area contributed by atoms with Crippen LogP contribution in [0.1, 0.15) is 39.2 Å². The van der Waals surface area contributed by atoms with Crippen molar-refractivity contribution in [2.75, 3.05) is 40.5 Å². The number of aliphatic imine (C=N–C) groups is 1. The number of guanidine groups is 1. The number of nitrogens with zero attached hydrogens (tertiary/aromatic N) is 1. The first-order valence-electron chi connectivity index (χ1n) is 8.70. The lowest BCUT2D eigenvalue weighted by molar-refractivity contribution is 0.143. The summed E-state index contributed by atoms with van der Waals surface area (Å²) < 4.78 is 10.6. The second-order valence-electron chi connectivity index (χ2n) is 6.37. The van der Waals surface area contributed by atoms with Crippen LogP contribution in [0.25, 0.3) is 0 Å². The fraction of sp³-hybridized carbons (Fsp3) is 0.632. The van der Waals surface area contributed by atoms with E-state index in [9.17, 15) is 0 Å². The maximum absolute atomic E-state index is 5.34. The van der Waals surface area contributed by atoms with Crippen molar-refractivity contribution in [2.45, 2.75) is 39.0 Å². The summed E-state index contributed by atoms with van der Waals surface area (Å²) in [4.78, 5) is 4.29. The molecule has 0 bridgehead atoms. The van der Waals surface area contributed by atoms with Gasteiger partial charge in [0.25, 0.3) is 0 Å². The summed E-state index contributed by atoms with van der Waals surface area (Å²) in [5, 5.41) is 6.77. The maximum atomic E-state index is 5.34. The van der Waals surface area contributed by atoms with E-state index in [0.717, 1.165) is 50.9 Å². The third kappa shape index (κ3) is 7.21. The molecule has 0 aliphatic rings. The van der Waals surface area contributed by atoms with Gasteiger partial charge in [-0.2, -0.15) is 0 Å². The molecular formula is C19H33N3O2. The van der Waals surface area contributed by atoms with Crippen LogP contribution in [0.2, 0.25) is 0 Å². The van der Waals surface area contributed by atoms with Crippen molar-refractivity contribution in [1.29, 1.82) is 0 Å². The summed E-state index contributed by atoms with van der Waals surface area (Å²) in [7, 11) is 3.49. The van der Waals surface area contributed by atoms with Crippen molar-refractivity contribution in [3.63, 3.8) is 0 Å². The van der Waals surface area contributed by atoms with Crippen LogP contribution in [-0.4, -0.2) is 46.4 Å². The van der Waals surface area contributed by atoms with Gasteiger partial charge in [-0.25, -0.2) is 0 Å². The molecule has 1 aromatic carbocycles. The average molecular weight is 335 g/mol. The zero-order valence-electron chi connectivity index (χ0n) is 15.8. The van der Waals surface area contributed by atoms with Gasteiger partial charge in [-0.1, -0.05) is 26.0 Å². The van der Waals surface area contributed by atoms with E-state index >= 15 is 0 Å². The quantitative estimate of drug-likeness (QED) is 0.392. The summed E-state index contributed by atoms with van der Waals surface area (Å²) in [5.41, 5.74) is 1.27. The molecule has 0 atom stereocenters. The lowest BCUT2D eigenvalue weighted by Crippen LogP contribution is -2.43. The number of hydrogen-bond acceptors (Lipinski definition) is 3. The SMILES string of the molecule is CCOCCCCNC(=NC)NCC(C)(C)c1ccc(OC)cc1. The Hall–Kier alpha value is -1.75. The molecule has 0 unspecified atom stereocenters. The molecule has 0 aliphatic carbocycles. The van der Waals surface area contributed by atoms with Gasteiger partial charge in [0.15, 0.2) is 5.96 Å². The summed E-state index contributed by atoms with van der Waals surface area (Å²) in [6.45, 7) is 9.78. The van der Waals surface area contributed by atoms with Gasteiger partial charge in [0.2, 0.25) is 0 Å². The highest BCUT2D eigenvalue weighted by atomic mass is 16.5. The van der Waals surface area contributed by atoms with Gasteiger partial charge < -0.3 is 20.1 Å². The summed E-state index contributed by atoms with van der Waals surface area (Å²) in [6.07, 6.45) is 2.14. The molecule has 1 rings (SSSR count). The minimum absolute atomic E-state index is 0.00113. The smallest absolute Gasteiger partial charge is 0.191 e. The van der Waals surface area contributed by atoms with Crippen molar-refractivity contribution in [1.82, 2.24) is 10.6 Å². The van der Waals surface area contributed by atoms with Gasteiger partial charge in [-0.15, -0.1) is 0 Å². The van der Waals surface area contributed by atoms with Gasteiger partial charge >= 0.3 is 0 Å². The van der Waals surface area contributed by atoms with Crippen molar-refractivity contribution >= 4 is 5.96 Å². The third-order valence-corrected chi connectivity index (χ3v) is 4.00. The van der Waals surface area contributed by atoms with E-state index in [4.69, 9.17) is 9.47 Å². The van der Waals surface area contributed by atoms with Gasteiger partial charge in [0, 0.05) is 38.8 Å². The fourth-order valence-corrected chi connectivity index (χ4v) is 2.35. The predicted molar refractivity (Wildman–Crippen MR) is 101 cm³/mol. The van der Waals surface area contributed by atoms with E-state index in [1.165, 1.54) is 5.56 Å². The van der Waals surface area contributed by atoms with Crippen molar-refractivity contribution < 1.29 is 9.47 Å². The van der Waals surface area contributed by atoms with Gasteiger partial charge in [-0.05, 0) is 37.5 Å². The van der Waals surface area contributed by atoms with E-state index < -0.39 is 0 Å². The second-order valence-corrected chi connectivity index (χ2v) is 6.37. The molecule has 0 aliphatic heterocycles. The number of ether oxygens (including phenoxy) is 2. The maximum Gasteiger partial charge on any atom is 0.191 e. The molecule has 0 spiro atoms. The standard InChI is InChI=1S/C19H33N3O2/c1-6-24-14-8-7-13-21-18(20-4)22-15-19(2,3)16-9-11-17(23-5)12-10-16/h9-12H,6-8,13-15H2,1-5H3,(H2,20,21,22). The number of nitrogens with one attached hydrogen (secondary N) is 2. The van der Waals surface area contributed by atoms with Crippen LogP contribution in [0.5, 0.6) is 5.75 Å². The van der Waals surface area contributed by atoms with E-state index in [-0.39, 0.29) is 5.41 Å². The van der Waals surface area contributed by atoms with Crippen LogP contribution in [0.4, 0.5) is 0 Å². The van der Waals surface area contributed by atoms with Crippen LogP contribution in [0.3, 0.4) is 0 Å². The molecule has 2 N–H and O–H groups in total. The minimum atomic E-state index is -0.00113. The monoisotopic (exact) mass is 335 g/mol. The Morgan fingerprint density at radius 1 is 1.12 bits per heavy atom. The van der Waals surface area contributed by atoms with Gasteiger partial charge in [-0.3, -0.25) is 4.99 Å². The number of hydrogen-bond donors (Lipinski definition) is 2. The molecule has 0 saturated carbocycles. The summed E-state index contributed by atoms with van der Waals surface area (Å²) >= 11 is 0. The third-order valence-electron chi connectivity index (χ3n) is 4.00. The first-order chi connectivity index (χ1) is 11.5. The highest BCUT2D eigenvalue weighted by Gasteiger charge is 2.20. The number of benzene rings is 1. The Bertz CT molecular complexity index is 484. The molecule has 0 saturated heterocycles. The largest absolute Gasteiger partial charge is 0.497 e. The van der Waals surface area contributed by atoms with E-state index in [2.05, 4.69) is 41.6 Å². The number of rotatable bonds is 10. The molecular weight excluding hydrogens is 302 g/mol. The number of unbranched alkanes of at least 4 members (excludes halogenated alkanes) is 1. The molecule has 0 radical (unpaired) electrons. The molecule has 0 amide bonds. The Morgan fingerprint density at radius 2 is 1.83 bits per heavy atom. The lowest BCUT2D eigenvalue weighted by atomic mass is 9.84. The van der Waals surface area contributed by atoms with E-state index in [1.54, 1.807) is 14.2 Å². The summed E-state index contributed by atoms with van der Waals surface area (Å²) in [5.74, 6) is 1.72. The zero-order chi connectivity index (χ0) is 17.8. The molecule has 5 nitrogen and oxygen atoms in total. The molecule has 0 heterocycles. The Kier molecular flexibility index (Phi) is 9.23. The van der Waals surface area contributed by atoms with E-state index in [1.807, 2.05) is 19.1 Å². The minimum Gasteiger partial charge on any atom is -0.497 e. The normalized spacial score (nSPS) is 12.1. The van der Waals surface area contributed by atoms with Crippen LogP contribution in [0.15, 0.2) is 29.3 Å². The zero-order valence-corrected chi connectivity index (χ0v) is 15.8. The van der Waals surface area contributed by atoms with Crippen molar-refractivity contribution in [3.05, 3.63) is 29.8 Å². The molecule has 0 aromatic heterocycles. The van der Waals surface area contributed by atoms with Crippen molar-refractivity contribution in [2.24, 2.45) is 4.99 Å². The molecule has 1 aromatic rings. The van der Waals surface area contributed by atoms with E-state index in [0.29, 0.717) is 0 Å². The summed E-state index contributed by atoms with van der Waals surface area (Å²) in [6, 6.07) is 8.24. The number of methoxy groups -OCH3 is 1. The first-order valence-corrected chi connectivity index (χ1v) is 8.70. The molecule has 24 heavy (non-hydrogen) atoms. The Balaban J connectivity index is 2.40. The molecule has 5 heteroatoms.